The summed E-state index contributed by atoms with van der Waals surface area (Å²) in [5.41, 5.74) is 5.83. The molecule has 0 aliphatic heterocycles. The zero-order chi connectivity index (χ0) is 14.2. The molecule has 1 saturated carbocycles. The van der Waals surface area contributed by atoms with Crippen molar-refractivity contribution in [2.24, 2.45) is 11.8 Å². The Morgan fingerprint density at radius 3 is 2.53 bits per heavy atom. The van der Waals surface area contributed by atoms with Crippen molar-refractivity contribution in [3.05, 3.63) is 24.0 Å². The minimum atomic E-state index is -3.54. The van der Waals surface area contributed by atoms with Crippen molar-refractivity contribution in [1.82, 2.24) is 0 Å². The summed E-state index contributed by atoms with van der Waals surface area (Å²) in [4.78, 5) is -0.0562. The van der Waals surface area contributed by atoms with Crippen LogP contribution in [0.25, 0.3) is 0 Å². The number of hydrogen-bond acceptors (Lipinski definition) is 3. The van der Waals surface area contributed by atoms with Crippen LogP contribution < -0.4 is 5.73 Å². The molecule has 0 spiro atoms. The van der Waals surface area contributed by atoms with Gasteiger partial charge >= 0.3 is 0 Å². The second-order valence-electron chi connectivity index (χ2n) is 5.62. The Bertz CT molecular complexity index is 571. The van der Waals surface area contributed by atoms with Gasteiger partial charge in [-0.25, -0.2) is 12.8 Å². The van der Waals surface area contributed by atoms with Crippen molar-refractivity contribution >= 4 is 15.5 Å². The number of rotatable bonds is 2. The van der Waals surface area contributed by atoms with Crippen LogP contribution in [0.1, 0.15) is 33.1 Å². The van der Waals surface area contributed by atoms with E-state index in [1.165, 1.54) is 12.1 Å². The van der Waals surface area contributed by atoms with Gasteiger partial charge in [0.2, 0.25) is 0 Å². The number of sulfone groups is 1. The van der Waals surface area contributed by atoms with Gasteiger partial charge in [-0.1, -0.05) is 13.8 Å². The van der Waals surface area contributed by atoms with Crippen LogP contribution >= 0.6 is 0 Å². The van der Waals surface area contributed by atoms with Crippen LogP contribution in [-0.4, -0.2) is 13.7 Å². The van der Waals surface area contributed by atoms with Crippen LogP contribution in [0, 0.1) is 17.7 Å². The smallest absolute Gasteiger partial charge is 0.183 e. The third kappa shape index (κ3) is 2.76. The third-order valence-corrected chi connectivity index (χ3v) is 6.54. The predicted octanol–water partition coefficient (Wildman–Crippen LogP) is 3.01. The molecule has 2 N–H and O–H groups in total. The summed E-state index contributed by atoms with van der Waals surface area (Å²) in [5.74, 6) is 0.338. The van der Waals surface area contributed by atoms with Gasteiger partial charge in [-0.2, -0.15) is 0 Å². The van der Waals surface area contributed by atoms with Crippen LogP contribution in [0.5, 0.6) is 0 Å². The van der Waals surface area contributed by atoms with Gasteiger partial charge in [0.15, 0.2) is 9.84 Å². The molecule has 2 rings (SSSR count). The highest BCUT2D eigenvalue weighted by Gasteiger charge is 2.35. The summed E-state index contributed by atoms with van der Waals surface area (Å²) in [5, 5.41) is -0.442. The van der Waals surface area contributed by atoms with Crippen LogP contribution in [0.15, 0.2) is 23.1 Å². The van der Waals surface area contributed by atoms with E-state index in [4.69, 9.17) is 5.73 Å². The van der Waals surface area contributed by atoms with E-state index in [9.17, 15) is 12.8 Å². The van der Waals surface area contributed by atoms with Gasteiger partial charge in [0, 0.05) is 0 Å². The lowest BCUT2D eigenvalue weighted by molar-refractivity contribution is 0.278. The summed E-state index contributed by atoms with van der Waals surface area (Å²) >= 11 is 0. The highest BCUT2D eigenvalue weighted by Crippen LogP contribution is 2.36. The third-order valence-electron chi connectivity index (χ3n) is 4.27. The van der Waals surface area contributed by atoms with E-state index >= 15 is 0 Å². The molecule has 3 unspecified atom stereocenters. The first-order valence-electron chi connectivity index (χ1n) is 6.61. The van der Waals surface area contributed by atoms with Crippen molar-refractivity contribution < 1.29 is 12.8 Å². The molecule has 0 amide bonds. The molecule has 0 saturated heterocycles. The molecule has 3 nitrogen and oxygen atoms in total. The molecule has 5 heteroatoms. The average molecular weight is 285 g/mol. The van der Waals surface area contributed by atoms with Crippen LogP contribution in [0.4, 0.5) is 10.1 Å². The first-order valence-corrected chi connectivity index (χ1v) is 8.16. The first-order chi connectivity index (χ1) is 8.82. The Hall–Kier alpha value is -1.10. The van der Waals surface area contributed by atoms with E-state index in [-0.39, 0.29) is 10.6 Å². The molecule has 3 atom stereocenters. The maximum Gasteiger partial charge on any atom is 0.183 e. The zero-order valence-electron chi connectivity index (χ0n) is 11.3. The molecular weight excluding hydrogens is 265 g/mol. The molecular formula is C14H20FNO2S. The minimum absolute atomic E-state index is 0.0562. The van der Waals surface area contributed by atoms with E-state index < -0.39 is 20.9 Å². The first kappa shape index (κ1) is 14.3. The van der Waals surface area contributed by atoms with Gasteiger partial charge in [0.25, 0.3) is 0 Å². The molecule has 1 aromatic rings. The number of benzene rings is 1. The van der Waals surface area contributed by atoms with Crippen LogP contribution in [-0.2, 0) is 9.84 Å². The van der Waals surface area contributed by atoms with Crippen molar-refractivity contribution in [1.29, 1.82) is 0 Å². The summed E-state index contributed by atoms with van der Waals surface area (Å²) in [6.07, 6.45) is 2.14. The number of nitrogen functional groups attached to an aromatic ring is 1. The number of nitrogens with two attached hydrogens (primary N) is 1. The molecule has 106 valence electrons. The maximum absolute atomic E-state index is 13.3. The van der Waals surface area contributed by atoms with E-state index in [1.807, 2.05) is 0 Å². The lowest BCUT2D eigenvalue weighted by Crippen LogP contribution is -2.31. The number of anilines is 1. The maximum atomic E-state index is 13.3. The normalized spacial score (nSPS) is 28.3. The zero-order valence-corrected chi connectivity index (χ0v) is 12.1. The Kier molecular flexibility index (Phi) is 3.85. The van der Waals surface area contributed by atoms with Crippen molar-refractivity contribution in [2.75, 3.05) is 5.73 Å². The Balaban J connectivity index is 2.35. The van der Waals surface area contributed by atoms with Crippen molar-refractivity contribution in [2.45, 2.75) is 43.3 Å². The predicted molar refractivity (Wildman–Crippen MR) is 74.0 cm³/mol. The molecule has 1 aliphatic carbocycles. The molecule has 0 radical (unpaired) electrons. The van der Waals surface area contributed by atoms with Crippen molar-refractivity contribution in [3.8, 4) is 0 Å². The average Bonchev–Trinajstić information content (AvgIpc) is 2.35. The SMILES string of the molecule is CC1CCC(S(=O)(=O)c2cc(F)ccc2N)CC1C. The van der Waals surface area contributed by atoms with E-state index in [2.05, 4.69) is 13.8 Å². The Morgan fingerprint density at radius 1 is 1.21 bits per heavy atom. The largest absolute Gasteiger partial charge is 0.398 e. The fraction of sp³-hybridized carbons (Fsp3) is 0.571. The van der Waals surface area contributed by atoms with E-state index in [1.54, 1.807) is 0 Å². The monoisotopic (exact) mass is 285 g/mol. The molecule has 1 aromatic carbocycles. The van der Waals surface area contributed by atoms with E-state index in [0.717, 1.165) is 12.5 Å². The molecule has 0 aromatic heterocycles. The highest BCUT2D eigenvalue weighted by molar-refractivity contribution is 7.92. The number of halogens is 1. The van der Waals surface area contributed by atoms with Crippen LogP contribution in [0.3, 0.4) is 0 Å². The Labute approximate surface area is 113 Å². The fourth-order valence-electron chi connectivity index (χ4n) is 2.71. The van der Waals surface area contributed by atoms with Gasteiger partial charge in [0.05, 0.1) is 15.8 Å². The van der Waals surface area contributed by atoms with Gasteiger partial charge in [-0.15, -0.1) is 0 Å². The molecule has 0 heterocycles. The summed E-state index contributed by atoms with van der Waals surface area (Å²) in [6.45, 7) is 4.21. The highest BCUT2D eigenvalue weighted by atomic mass is 32.2. The second kappa shape index (κ2) is 5.12. The van der Waals surface area contributed by atoms with E-state index in [0.29, 0.717) is 24.7 Å². The van der Waals surface area contributed by atoms with Gasteiger partial charge < -0.3 is 5.73 Å². The Morgan fingerprint density at radius 2 is 1.89 bits per heavy atom. The molecule has 1 fully saturated rings. The lowest BCUT2D eigenvalue weighted by Gasteiger charge is -2.31. The van der Waals surface area contributed by atoms with Gasteiger partial charge in [-0.05, 0) is 49.3 Å². The lowest BCUT2D eigenvalue weighted by atomic mass is 9.81. The summed E-state index contributed by atoms with van der Waals surface area (Å²) in [7, 11) is -3.54. The fourth-order valence-corrected chi connectivity index (χ4v) is 4.75. The van der Waals surface area contributed by atoms with Crippen molar-refractivity contribution in [3.63, 3.8) is 0 Å². The second-order valence-corrected chi connectivity index (χ2v) is 7.81. The topological polar surface area (TPSA) is 60.2 Å². The summed E-state index contributed by atoms with van der Waals surface area (Å²) < 4.78 is 38.4. The molecule has 1 aliphatic rings. The van der Waals surface area contributed by atoms with Crippen LogP contribution in [0.2, 0.25) is 0 Å². The van der Waals surface area contributed by atoms with Gasteiger partial charge in [0.1, 0.15) is 5.82 Å². The van der Waals surface area contributed by atoms with Gasteiger partial charge in [-0.3, -0.25) is 0 Å². The molecule has 0 bridgehead atoms. The summed E-state index contributed by atoms with van der Waals surface area (Å²) in [6, 6.07) is 3.53. The standard InChI is InChI=1S/C14H20FNO2S/c1-9-3-5-12(7-10(9)2)19(17,18)14-8-11(15)4-6-13(14)16/h4,6,8-10,12H,3,5,7,16H2,1-2H3. The molecule has 19 heavy (non-hydrogen) atoms. The number of hydrogen-bond donors (Lipinski definition) is 1. The quantitative estimate of drug-likeness (QED) is 0.850. The minimum Gasteiger partial charge on any atom is -0.398 e.